The van der Waals surface area contributed by atoms with Crippen molar-refractivity contribution in [1.29, 1.82) is 0 Å². The van der Waals surface area contributed by atoms with Gasteiger partial charge in [-0.05, 0) is 19.5 Å². The van der Waals surface area contributed by atoms with Crippen LogP contribution in [0.1, 0.15) is 17.0 Å². The quantitative estimate of drug-likeness (QED) is 0.845. The van der Waals surface area contributed by atoms with Crippen LogP contribution in [0.4, 0.5) is 0 Å². The molecule has 3 heteroatoms. The lowest BCUT2D eigenvalue weighted by Crippen LogP contribution is -2.12. The summed E-state index contributed by atoms with van der Waals surface area (Å²) in [7, 11) is 1.94. The molecule has 0 saturated carbocycles. The predicted octanol–water partition coefficient (Wildman–Crippen LogP) is 1.96. The molecule has 0 aliphatic heterocycles. The minimum Gasteiger partial charge on any atom is -0.329 e. The average Bonchev–Trinajstić information content (AvgIpc) is 2.66. The highest BCUT2D eigenvalue weighted by atomic mass is 15.1. The van der Waals surface area contributed by atoms with E-state index in [9.17, 15) is 0 Å². The number of hydrogen-bond donors (Lipinski definition) is 1. The zero-order valence-corrected chi connectivity index (χ0v) is 9.77. The third-order valence-corrected chi connectivity index (χ3v) is 2.57. The summed E-state index contributed by atoms with van der Waals surface area (Å²) in [5.74, 6) is 1.07. The maximum atomic E-state index is 4.32. The second kappa shape index (κ2) is 4.94. The Morgan fingerprint density at radius 2 is 2.25 bits per heavy atom. The number of aryl methyl sites for hydroxylation is 1. The van der Waals surface area contributed by atoms with E-state index in [1.807, 2.05) is 19.4 Å². The van der Waals surface area contributed by atoms with Gasteiger partial charge in [-0.2, -0.15) is 0 Å². The van der Waals surface area contributed by atoms with Crippen molar-refractivity contribution in [2.75, 3.05) is 7.05 Å². The normalized spacial score (nSPS) is 10.6. The fourth-order valence-electron chi connectivity index (χ4n) is 1.82. The molecule has 3 nitrogen and oxygen atoms in total. The molecule has 84 valence electrons. The van der Waals surface area contributed by atoms with Crippen molar-refractivity contribution in [3.63, 3.8) is 0 Å². The first-order valence-corrected chi connectivity index (χ1v) is 5.50. The van der Waals surface area contributed by atoms with Crippen LogP contribution >= 0.6 is 0 Å². The first kappa shape index (κ1) is 10.9. The van der Waals surface area contributed by atoms with Gasteiger partial charge in [0.2, 0.25) is 0 Å². The summed E-state index contributed by atoms with van der Waals surface area (Å²) in [6.07, 6.45) is 3.87. The molecule has 1 N–H and O–H groups in total. The van der Waals surface area contributed by atoms with Gasteiger partial charge in [0.1, 0.15) is 5.82 Å². The number of benzene rings is 1. The number of nitrogens with one attached hydrogen (secondary N) is 1. The van der Waals surface area contributed by atoms with Gasteiger partial charge in [0.15, 0.2) is 0 Å². The number of imidazole rings is 1. The van der Waals surface area contributed by atoms with Crippen LogP contribution in [0.5, 0.6) is 0 Å². The van der Waals surface area contributed by atoms with E-state index in [1.54, 1.807) is 0 Å². The Balaban J connectivity index is 2.17. The molecule has 0 amide bonds. The van der Waals surface area contributed by atoms with Crippen molar-refractivity contribution in [3.8, 4) is 0 Å². The van der Waals surface area contributed by atoms with E-state index < -0.39 is 0 Å². The molecule has 0 spiro atoms. The Morgan fingerprint density at radius 3 is 3.00 bits per heavy atom. The summed E-state index contributed by atoms with van der Waals surface area (Å²) in [6.45, 7) is 3.81. The van der Waals surface area contributed by atoms with Crippen LogP contribution in [0.25, 0.3) is 0 Å². The lowest BCUT2D eigenvalue weighted by atomic mass is 10.1. The maximum Gasteiger partial charge on any atom is 0.122 e. The van der Waals surface area contributed by atoms with Crippen molar-refractivity contribution in [2.24, 2.45) is 0 Å². The van der Waals surface area contributed by atoms with Crippen LogP contribution in [-0.4, -0.2) is 16.6 Å². The fourth-order valence-corrected chi connectivity index (χ4v) is 1.82. The molecule has 0 aliphatic rings. The maximum absolute atomic E-state index is 4.32. The van der Waals surface area contributed by atoms with Gasteiger partial charge in [-0.3, -0.25) is 0 Å². The van der Waals surface area contributed by atoms with E-state index in [2.05, 4.69) is 46.1 Å². The zero-order chi connectivity index (χ0) is 11.4. The van der Waals surface area contributed by atoms with Gasteiger partial charge >= 0.3 is 0 Å². The number of aromatic nitrogens is 2. The van der Waals surface area contributed by atoms with Crippen LogP contribution in [0.15, 0.2) is 36.7 Å². The van der Waals surface area contributed by atoms with Crippen molar-refractivity contribution in [2.45, 2.75) is 20.0 Å². The van der Waals surface area contributed by atoms with Crippen LogP contribution in [0.2, 0.25) is 0 Å². The molecule has 2 aromatic rings. The standard InChI is InChI=1S/C13H17N3/c1-11-4-3-5-12(8-11)10-16-7-6-15-13(16)9-14-2/h3-8,14H,9-10H2,1-2H3. The second-order valence-electron chi connectivity index (χ2n) is 3.99. The fraction of sp³-hybridized carbons (Fsp3) is 0.308. The average molecular weight is 215 g/mol. The Labute approximate surface area is 96.1 Å². The van der Waals surface area contributed by atoms with E-state index in [1.165, 1.54) is 11.1 Å². The van der Waals surface area contributed by atoms with Crippen LogP contribution in [0.3, 0.4) is 0 Å². The molecule has 0 bridgehead atoms. The molecule has 0 fully saturated rings. The molecule has 0 atom stereocenters. The van der Waals surface area contributed by atoms with E-state index in [-0.39, 0.29) is 0 Å². The molecule has 0 aliphatic carbocycles. The summed E-state index contributed by atoms with van der Waals surface area (Å²) in [5.41, 5.74) is 2.61. The summed E-state index contributed by atoms with van der Waals surface area (Å²) < 4.78 is 2.17. The number of rotatable bonds is 4. The van der Waals surface area contributed by atoms with Gasteiger partial charge in [0.05, 0.1) is 6.54 Å². The van der Waals surface area contributed by atoms with Crippen molar-refractivity contribution >= 4 is 0 Å². The summed E-state index contributed by atoms with van der Waals surface area (Å²) in [6, 6.07) is 8.57. The smallest absolute Gasteiger partial charge is 0.122 e. The third kappa shape index (κ3) is 2.49. The topological polar surface area (TPSA) is 29.9 Å². The first-order chi connectivity index (χ1) is 7.79. The number of nitrogens with zero attached hydrogens (tertiary/aromatic N) is 2. The third-order valence-electron chi connectivity index (χ3n) is 2.57. The van der Waals surface area contributed by atoms with E-state index in [0.29, 0.717) is 0 Å². The molecule has 0 saturated heterocycles. The van der Waals surface area contributed by atoms with Crippen molar-refractivity contribution < 1.29 is 0 Å². The van der Waals surface area contributed by atoms with Gasteiger partial charge in [-0.25, -0.2) is 4.98 Å². The minimum absolute atomic E-state index is 0.804. The van der Waals surface area contributed by atoms with Gasteiger partial charge in [0.25, 0.3) is 0 Å². The molecule has 2 rings (SSSR count). The lowest BCUT2D eigenvalue weighted by Gasteiger charge is -2.08. The Morgan fingerprint density at radius 1 is 1.38 bits per heavy atom. The zero-order valence-electron chi connectivity index (χ0n) is 9.77. The van der Waals surface area contributed by atoms with Crippen molar-refractivity contribution in [1.82, 2.24) is 14.9 Å². The molecule has 0 radical (unpaired) electrons. The molecule has 16 heavy (non-hydrogen) atoms. The summed E-state index contributed by atoms with van der Waals surface area (Å²) in [5, 5.41) is 3.12. The number of hydrogen-bond acceptors (Lipinski definition) is 2. The SMILES string of the molecule is CNCc1nccn1Cc1cccc(C)c1. The van der Waals surface area contributed by atoms with Crippen LogP contribution in [-0.2, 0) is 13.1 Å². The highest BCUT2D eigenvalue weighted by molar-refractivity contribution is 5.22. The Hall–Kier alpha value is -1.61. The molecular weight excluding hydrogens is 198 g/mol. The largest absolute Gasteiger partial charge is 0.329 e. The van der Waals surface area contributed by atoms with Gasteiger partial charge < -0.3 is 9.88 Å². The van der Waals surface area contributed by atoms with Crippen LogP contribution < -0.4 is 5.32 Å². The molecule has 0 unspecified atom stereocenters. The molecule has 1 aromatic heterocycles. The molecule has 1 aromatic carbocycles. The Bertz CT molecular complexity index is 460. The highest BCUT2D eigenvalue weighted by Gasteiger charge is 2.02. The van der Waals surface area contributed by atoms with E-state index in [4.69, 9.17) is 0 Å². The highest BCUT2D eigenvalue weighted by Crippen LogP contribution is 2.08. The Kier molecular flexibility index (Phi) is 3.37. The van der Waals surface area contributed by atoms with Gasteiger partial charge in [-0.1, -0.05) is 29.8 Å². The minimum atomic E-state index is 0.804. The van der Waals surface area contributed by atoms with E-state index in [0.717, 1.165) is 18.9 Å². The monoisotopic (exact) mass is 215 g/mol. The van der Waals surface area contributed by atoms with Crippen molar-refractivity contribution in [3.05, 3.63) is 53.6 Å². The first-order valence-electron chi connectivity index (χ1n) is 5.50. The van der Waals surface area contributed by atoms with Gasteiger partial charge in [-0.15, -0.1) is 0 Å². The summed E-state index contributed by atoms with van der Waals surface area (Å²) >= 11 is 0. The predicted molar refractivity (Wildman–Crippen MR) is 65.3 cm³/mol. The molecular formula is C13H17N3. The van der Waals surface area contributed by atoms with E-state index >= 15 is 0 Å². The summed E-state index contributed by atoms with van der Waals surface area (Å²) in [4.78, 5) is 4.32. The van der Waals surface area contributed by atoms with Crippen LogP contribution in [0, 0.1) is 6.92 Å². The lowest BCUT2D eigenvalue weighted by molar-refractivity contribution is 0.673. The van der Waals surface area contributed by atoms with Gasteiger partial charge in [0, 0.05) is 18.9 Å². The molecule has 1 heterocycles. The second-order valence-corrected chi connectivity index (χ2v) is 3.99.